The summed E-state index contributed by atoms with van der Waals surface area (Å²) in [5.41, 5.74) is 3.79. The van der Waals surface area contributed by atoms with Crippen LogP contribution in [0.5, 0.6) is 5.75 Å². The average Bonchev–Trinajstić information content (AvgIpc) is 3.61. The minimum absolute atomic E-state index is 0.0377. The zero-order valence-electron chi connectivity index (χ0n) is 19.4. The molecule has 2 aliphatic carbocycles. The van der Waals surface area contributed by atoms with Crippen molar-refractivity contribution in [3.8, 4) is 16.9 Å². The van der Waals surface area contributed by atoms with E-state index in [1.807, 2.05) is 18.2 Å². The summed E-state index contributed by atoms with van der Waals surface area (Å²) in [7, 11) is 0. The molecule has 5 aliphatic rings. The van der Waals surface area contributed by atoms with E-state index in [4.69, 9.17) is 4.74 Å². The number of fused-ring (bicyclic) bond motifs is 4. The van der Waals surface area contributed by atoms with Crippen molar-refractivity contribution in [2.75, 3.05) is 19.6 Å². The van der Waals surface area contributed by atoms with Crippen LogP contribution < -0.4 is 10.1 Å². The highest BCUT2D eigenvalue weighted by Gasteiger charge is 2.53. The molecule has 1 amide bonds. The number of carbonyl (C=O) groups excluding carboxylic acids is 1. The Bertz CT molecular complexity index is 1120. The molecule has 3 saturated heterocycles. The molecule has 7 rings (SSSR count). The molecule has 8 heteroatoms. The molecule has 2 aromatic carbocycles. The van der Waals surface area contributed by atoms with Gasteiger partial charge < -0.3 is 14.8 Å². The van der Waals surface area contributed by atoms with Gasteiger partial charge in [-0.25, -0.2) is 4.79 Å². The highest BCUT2D eigenvalue weighted by Crippen LogP contribution is 2.61. The fraction of sp³-hybridized carbons (Fsp3) is 0.519. The third kappa shape index (κ3) is 4.60. The number of rotatable bonds is 4. The third-order valence-electron chi connectivity index (χ3n) is 8.37. The molecule has 2 bridgehead atoms. The first-order chi connectivity index (χ1) is 16.8. The van der Waals surface area contributed by atoms with Gasteiger partial charge >= 0.3 is 12.5 Å². The van der Waals surface area contributed by atoms with Gasteiger partial charge in [-0.05, 0) is 97.3 Å². The molecule has 186 valence electrons. The van der Waals surface area contributed by atoms with E-state index in [1.54, 1.807) is 12.1 Å². The summed E-state index contributed by atoms with van der Waals surface area (Å²) in [5.74, 6) is 0.221. The maximum atomic E-state index is 13.0. The molecule has 0 radical (unpaired) electrons. The van der Waals surface area contributed by atoms with Crippen LogP contribution >= 0.6 is 0 Å². The third-order valence-corrected chi connectivity index (χ3v) is 8.37. The Morgan fingerprint density at radius 2 is 1.80 bits per heavy atom. The van der Waals surface area contributed by atoms with Crippen LogP contribution in [0, 0.1) is 11.3 Å². The number of alkyl carbamates (subject to hydrolysis) is 1. The van der Waals surface area contributed by atoms with Crippen LogP contribution in [0.2, 0.25) is 0 Å². The van der Waals surface area contributed by atoms with Gasteiger partial charge in [0.1, 0.15) is 11.9 Å². The number of aryl methyl sites for hydroxylation is 1. The lowest BCUT2D eigenvalue weighted by Crippen LogP contribution is -2.53. The van der Waals surface area contributed by atoms with E-state index in [1.165, 1.54) is 12.1 Å². The van der Waals surface area contributed by atoms with E-state index in [2.05, 4.69) is 15.0 Å². The van der Waals surface area contributed by atoms with Gasteiger partial charge in [-0.2, -0.15) is 0 Å². The smallest absolute Gasteiger partial charge is 0.445 e. The van der Waals surface area contributed by atoms with Crippen molar-refractivity contribution >= 4 is 6.09 Å². The summed E-state index contributed by atoms with van der Waals surface area (Å²) < 4.78 is 47.9. The lowest BCUT2D eigenvalue weighted by molar-refractivity contribution is -0.274. The molecule has 1 spiro atoms. The zero-order chi connectivity index (χ0) is 24.2. The van der Waals surface area contributed by atoms with Crippen molar-refractivity contribution in [1.82, 2.24) is 10.2 Å². The Morgan fingerprint density at radius 3 is 2.49 bits per heavy atom. The van der Waals surface area contributed by atoms with Gasteiger partial charge in [0.2, 0.25) is 0 Å². The summed E-state index contributed by atoms with van der Waals surface area (Å²) in [6.45, 7) is 3.02. The monoisotopic (exact) mass is 486 g/mol. The Morgan fingerprint density at radius 1 is 1.03 bits per heavy atom. The number of ether oxygens (including phenoxy) is 2. The summed E-state index contributed by atoms with van der Waals surface area (Å²) in [5, 5.41) is 3.20. The molecule has 5 nitrogen and oxygen atoms in total. The molecule has 3 heterocycles. The molecular weight excluding hydrogens is 457 g/mol. The molecule has 4 fully saturated rings. The standard InChI is InChI=1S/C27H29F3N2O3/c28-27(29,30)35-21-3-1-2-18(15-21)19-4-5-22-20(14-19)6-9-26(10-11-26)24(22)31-25(33)34-23-16-32-12-7-17(23)8-13-32/h1-5,14-15,17,23-24H,6-13,16H2,(H,31,33)/t23-,24?/m0/s1. The van der Waals surface area contributed by atoms with Crippen molar-refractivity contribution in [2.24, 2.45) is 11.3 Å². The number of amides is 1. The SMILES string of the molecule is O=C(NC1c2ccc(-c3cccc(OC(F)(F)F)c3)cc2CCC12CC2)O[C@H]1CN2CCC1CC2. The Kier molecular flexibility index (Phi) is 5.47. The van der Waals surface area contributed by atoms with Crippen molar-refractivity contribution in [1.29, 1.82) is 0 Å². The second kappa shape index (κ2) is 8.43. The molecule has 1 unspecified atom stereocenters. The predicted octanol–water partition coefficient (Wildman–Crippen LogP) is 5.84. The number of halogens is 3. The molecule has 35 heavy (non-hydrogen) atoms. The minimum Gasteiger partial charge on any atom is -0.445 e. The van der Waals surface area contributed by atoms with Gasteiger partial charge in [-0.15, -0.1) is 13.2 Å². The zero-order valence-corrected chi connectivity index (χ0v) is 19.4. The van der Waals surface area contributed by atoms with Crippen molar-refractivity contribution in [3.63, 3.8) is 0 Å². The summed E-state index contributed by atoms with van der Waals surface area (Å²) >= 11 is 0. The van der Waals surface area contributed by atoms with E-state index < -0.39 is 6.36 Å². The first-order valence-corrected chi connectivity index (χ1v) is 12.5. The van der Waals surface area contributed by atoms with E-state index in [9.17, 15) is 18.0 Å². The fourth-order valence-corrected chi connectivity index (χ4v) is 6.28. The topological polar surface area (TPSA) is 50.8 Å². The molecule has 2 aromatic rings. The summed E-state index contributed by atoms with van der Waals surface area (Å²) in [6.07, 6.45) is 1.09. The van der Waals surface area contributed by atoms with Crippen LogP contribution in [-0.4, -0.2) is 43.1 Å². The lowest BCUT2D eigenvalue weighted by Gasteiger charge is -2.44. The number of hydrogen-bond donors (Lipinski definition) is 1. The largest absolute Gasteiger partial charge is 0.573 e. The lowest BCUT2D eigenvalue weighted by atomic mass is 9.76. The van der Waals surface area contributed by atoms with Crippen molar-refractivity contribution in [2.45, 2.75) is 57.0 Å². The van der Waals surface area contributed by atoms with Gasteiger partial charge in [0.25, 0.3) is 0 Å². The maximum absolute atomic E-state index is 13.0. The van der Waals surface area contributed by atoms with Gasteiger partial charge in [-0.3, -0.25) is 4.90 Å². The van der Waals surface area contributed by atoms with E-state index >= 15 is 0 Å². The van der Waals surface area contributed by atoms with Crippen LogP contribution in [0.1, 0.15) is 49.3 Å². The molecule has 2 atom stereocenters. The summed E-state index contributed by atoms with van der Waals surface area (Å²) in [4.78, 5) is 15.3. The molecule has 0 aromatic heterocycles. The molecular formula is C27H29F3N2O3. The second-order valence-electron chi connectivity index (χ2n) is 10.5. The average molecular weight is 487 g/mol. The van der Waals surface area contributed by atoms with Gasteiger partial charge in [0.15, 0.2) is 0 Å². The first kappa shape index (κ1) is 22.7. The Labute approximate surface area is 202 Å². The second-order valence-corrected chi connectivity index (χ2v) is 10.5. The normalized spacial score (nSPS) is 28.3. The van der Waals surface area contributed by atoms with Crippen LogP contribution in [0.15, 0.2) is 42.5 Å². The number of nitrogens with one attached hydrogen (secondary N) is 1. The maximum Gasteiger partial charge on any atom is 0.573 e. The highest BCUT2D eigenvalue weighted by molar-refractivity contribution is 5.70. The van der Waals surface area contributed by atoms with Gasteiger partial charge in [0.05, 0.1) is 6.04 Å². The number of nitrogens with zero attached hydrogens (tertiary/aromatic N) is 1. The fourth-order valence-electron chi connectivity index (χ4n) is 6.28. The quantitative estimate of drug-likeness (QED) is 0.590. The molecule has 1 saturated carbocycles. The summed E-state index contributed by atoms with van der Waals surface area (Å²) in [6, 6.07) is 11.9. The van der Waals surface area contributed by atoms with Crippen LogP contribution in [0.25, 0.3) is 11.1 Å². The van der Waals surface area contributed by atoms with E-state index in [0.717, 1.165) is 74.8 Å². The number of piperidine rings is 3. The van der Waals surface area contributed by atoms with Crippen LogP contribution in [-0.2, 0) is 11.2 Å². The van der Waals surface area contributed by atoms with Crippen LogP contribution in [0.4, 0.5) is 18.0 Å². The predicted molar refractivity (Wildman–Crippen MR) is 124 cm³/mol. The van der Waals surface area contributed by atoms with E-state index in [-0.39, 0.29) is 29.4 Å². The number of alkyl halides is 3. The van der Waals surface area contributed by atoms with Crippen molar-refractivity contribution in [3.05, 3.63) is 53.6 Å². The Hall–Kier alpha value is -2.74. The number of benzene rings is 2. The Balaban J connectivity index is 1.21. The number of hydrogen-bond acceptors (Lipinski definition) is 4. The molecule has 1 N–H and O–H groups in total. The first-order valence-electron chi connectivity index (χ1n) is 12.5. The minimum atomic E-state index is -4.73. The number of carbonyl (C=O) groups is 1. The molecule has 3 aliphatic heterocycles. The van der Waals surface area contributed by atoms with Gasteiger partial charge in [0, 0.05) is 6.54 Å². The highest BCUT2D eigenvalue weighted by atomic mass is 19.4. The van der Waals surface area contributed by atoms with Crippen LogP contribution in [0.3, 0.4) is 0 Å². The van der Waals surface area contributed by atoms with Crippen molar-refractivity contribution < 1.29 is 27.4 Å². The van der Waals surface area contributed by atoms with E-state index in [0.29, 0.717) is 11.5 Å². The van der Waals surface area contributed by atoms with Gasteiger partial charge in [-0.1, -0.05) is 30.3 Å².